The van der Waals surface area contributed by atoms with Crippen LogP contribution in [0.5, 0.6) is 0 Å². The smallest absolute Gasteiger partial charge is 0.405 e. The van der Waals surface area contributed by atoms with Crippen molar-refractivity contribution < 1.29 is 17.6 Å². The molecule has 0 radical (unpaired) electrons. The van der Waals surface area contributed by atoms with E-state index in [1.807, 2.05) is 6.07 Å². The van der Waals surface area contributed by atoms with Gasteiger partial charge in [0.25, 0.3) is 0 Å². The van der Waals surface area contributed by atoms with E-state index >= 15 is 0 Å². The molecule has 1 aliphatic heterocycles. The average Bonchev–Trinajstić information content (AvgIpc) is 3.08. The molecular weight excluding hydrogens is 524 g/mol. The van der Waals surface area contributed by atoms with Gasteiger partial charge in [-0.1, -0.05) is 11.6 Å². The summed E-state index contributed by atoms with van der Waals surface area (Å²) in [6, 6.07) is 5.35. The van der Waals surface area contributed by atoms with Crippen LogP contribution in [0.15, 0.2) is 44.8 Å². The fourth-order valence-corrected chi connectivity index (χ4v) is 4.07. The van der Waals surface area contributed by atoms with Crippen LogP contribution in [0.1, 0.15) is 23.9 Å². The lowest BCUT2D eigenvalue weighted by atomic mass is 10.1. The third kappa shape index (κ3) is 3.70. The number of alkyl halides is 3. The zero-order valence-electron chi connectivity index (χ0n) is 14.7. The monoisotopic (exact) mass is 534 g/mol. The number of halogens is 5. The van der Waals surface area contributed by atoms with Gasteiger partial charge in [0.15, 0.2) is 5.82 Å². The van der Waals surface area contributed by atoms with Gasteiger partial charge in [-0.25, -0.2) is 19.8 Å². The molecule has 1 unspecified atom stereocenters. The van der Waals surface area contributed by atoms with E-state index < -0.39 is 30.0 Å². The lowest BCUT2D eigenvalue weighted by Crippen LogP contribution is -2.23. The molecule has 1 aromatic carbocycles. The molecule has 150 valence electrons. The van der Waals surface area contributed by atoms with Gasteiger partial charge < -0.3 is 4.42 Å². The summed E-state index contributed by atoms with van der Waals surface area (Å²) >= 11 is 8.18. The number of rotatable bonds is 2. The summed E-state index contributed by atoms with van der Waals surface area (Å²) in [6.07, 6.45) is -3.83. The first-order valence-electron chi connectivity index (χ1n) is 8.30. The molecule has 3 aromatic rings. The van der Waals surface area contributed by atoms with Crippen LogP contribution in [0.4, 0.5) is 19.0 Å². The number of benzene rings is 1. The number of aryl methyl sites for hydroxylation is 1. The fraction of sp³-hybridized carbons (Fsp3) is 0.222. The highest BCUT2D eigenvalue weighted by Crippen LogP contribution is 2.40. The van der Waals surface area contributed by atoms with Crippen molar-refractivity contribution in [1.82, 2.24) is 9.97 Å². The Bertz CT molecular complexity index is 1210. The molecule has 0 saturated carbocycles. The van der Waals surface area contributed by atoms with Crippen molar-refractivity contribution >= 4 is 56.6 Å². The number of pyridine rings is 1. The summed E-state index contributed by atoms with van der Waals surface area (Å²) < 4.78 is 46.2. The van der Waals surface area contributed by atoms with Gasteiger partial charge in [0.1, 0.15) is 11.8 Å². The van der Waals surface area contributed by atoms with Crippen molar-refractivity contribution in [3.63, 3.8) is 0 Å². The predicted molar refractivity (Wildman–Crippen MR) is 110 cm³/mol. The minimum Gasteiger partial charge on any atom is -0.405 e. The van der Waals surface area contributed by atoms with Crippen molar-refractivity contribution in [2.75, 3.05) is 5.01 Å². The topological polar surface area (TPSA) is 71.6 Å². The first-order chi connectivity index (χ1) is 13.6. The normalized spacial score (nSPS) is 17.1. The Morgan fingerprint density at radius 1 is 1.34 bits per heavy atom. The third-order valence-corrected chi connectivity index (χ3v) is 5.30. The molecule has 11 heteroatoms. The second-order valence-corrected chi connectivity index (χ2v) is 8.03. The van der Waals surface area contributed by atoms with Gasteiger partial charge in [0.05, 0.1) is 15.9 Å². The maximum atomic E-state index is 13.4. The maximum Gasteiger partial charge on any atom is 0.431 e. The average molecular weight is 535 g/mol. The van der Waals surface area contributed by atoms with Crippen molar-refractivity contribution in [2.45, 2.75) is 25.6 Å². The molecule has 4 rings (SSSR count). The lowest BCUT2D eigenvalue weighted by molar-refractivity contribution is -0.0600. The molecule has 1 atom stereocenters. The van der Waals surface area contributed by atoms with Crippen LogP contribution in [0.3, 0.4) is 0 Å². The molecule has 0 N–H and O–H groups in total. The van der Waals surface area contributed by atoms with E-state index in [9.17, 15) is 18.0 Å². The van der Waals surface area contributed by atoms with Crippen molar-refractivity contribution in [1.29, 1.82) is 0 Å². The summed E-state index contributed by atoms with van der Waals surface area (Å²) in [5, 5.41) is 5.04. The predicted octanol–water partition coefficient (Wildman–Crippen LogP) is 5.02. The van der Waals surface area contributed by atoms with Crippen molar-refractivity contribution in [3.8, 4) is 0 Å². The van der Waals surface area contributed by atoms with E-state index in [0.29, 0.717) is 11.1 Å². The maximum absolute atomic E-state index is 13.4. The number of hydrazone groups is 1. The van der Waals surface area contributed by atoms with E-state index in [2.05, 4.69) is 37.7 Å². The van der Waals surface area contributed by atoms with E-state index in [0.717, 1.165) is 8.58 Å². The summed E-state index contributed by atoms with van der Waals surface area (Å²) in [4.78, 5) is 20.9. The van der Waals surface area contributed by atoms with Crippen molar-refractivity contribution in [3.05, 3.63) is 60.9 Å². The summed E-state index contributed by atoms with van der Waals surface area (Å²) in [5.74, 6) is -0.168. The standard InChI is InChI=1S/C18H11ClF3IN4O2/c1-8-5-9(23)6-10-14(8)25-16(29-17(10)28)12-7-13(18(20,21)22)26-27(12)15-11(19)3-2-4-24-15/h2-6,12H,7H2,1H3. The van der Waals surface area contributed by atoms with Gasteiger partial charge in [0, 0.05) is 16.2 Å². The number of hydrogen-bond donors (Lipinski definition) is 0. The third-order valence-electron chi connectivity index (χ3n) is 4.38. The molecule has 1 aliphatic rings. The molecule has 6 nitrogen and oxygen atoms in total. The first kappa shape index (κ1) is 20.1. The Kier molecular flexibility index (Phi) is 5.01. The highest BCUT2D eigenvalue weighted by molar-refractivity contribution is 14.1. The van der Waals surface area contributed by atoms with Crippen LogP contribution in [0.2, 0.25) is 5.02 Å². The van der Waals surface area contributed by atoms with Gasteiger partial charge >= 0.3 is 11.8 Å². The Morgan fingerprint density at radius 3 is 2.79 bits per heavy atom. The summed E-state index contributed by atoms with van der Waals surface area (Å²) in [7, 11) is 0. The molecule has 0 fully saturated rings. The summed E-state index contributed by atoms with van der Waals surface area (Å²) in [5.41, 5.74) is -0.644. The van der Waals surface area contributed by atoms with Crippen LogP contribution < -0.4 is 10.6 Å². The Morgan fingerprint density at radius 2 is 2.10 bits per heavy atom. The zero-order valence-corrected chi connectivity index (χ0v) is 17.6. The van der Waals surface area contributed by atoms with Crippen molar-refractivity contribution in [2.24, 2.45) is 5.10 Å². The second-order valence-electron chi connectivity index (χ2n) is 6.38. The Hall–Kier alpha value is -2.21. The number of hydrogen-bond acceptors (Lipinski definition) is 6. The number of anilines is 1. The van der Waals surface area contributed by atoms with E-state index in [1.165, 1.54) is 12.3 Å². The molecular formula is C18H11ClF3IN4O2. The van der Waals surface area contributed by atoms with Crippen LogP contribution in [-0.2, 0) is 0 Å². The quantitative estimate of drug-likeness (QED) is 0.432. The van der Waals surface area contributed by atoms with Gasteiger partial charge in [-0.05, 0) is 59.3 Å². The van der Waals surface area contributed by atoms with Gasteiger partial charge in [-0.15, -0.1) is 0 Å². The molecule has 0 saturated heterocycles. The molecule has 0 bridgehead atoms. The molecule has 3 heterocycles. The number of aromatic nitrogens is 2. The van der Waals surface area contributed by atoms with E-state index in [1.54, 1.807) is 19.1 Å². The lowest BCUT2D eigenvalue weighted by Gasteiger charge is -2.21. The van der Waals surface area contributed by atoms with E-state index in [-0.39, 0.29) is 22.1 Å². The van der Waals surface area contributed by atoms with Crippen LogP contribution in [-0.4, -0.2) is 21.9 Å². The Balaban J connectivity index is 1.89. The first-order valence-corrected chi connectivity index (χ1v) is 9.76. The largest absolute Gasteiger partial charge is 0.431 e. The molecule has 0 spiro atoms. The SMILES string of the molecule is Cc1cc(I)cc2c(=O)oc(C3CC(C(F)(F)F)=NN3c3ncccc3Cl)nc12. The summed E-state index contributed by atoms with van der Waals surface area (Å²) in [6.45, 7) is 1.76. The zero-order chi connectivity index (χ0) is 20.9. The fourth-order valence-electron chi connectivity index (χ4n) is 3.08. The number of nitrogens with zero attached hydrogens (tertiary/aromatic N) is 4. The van der Waals surface area contributed by atoms with Gasteiger partial charge in [-0.3, -0.25) is 0 Å². The molecule has 29 heavy (non-hydrogen) atoms. The van der Waals surface area contributed by atoms with E-state index in [4.69, 9.17) is 16.0 Å². The molecule has 2 aromatic heterocycles. The van der Waals surface area contributed by atoms with Crippen LogP contribution in [0.25, 0.3) is 10.9 Å². The minimum atomic E-state index is -4.66. The van der Waals surface area contributed by atoms with Gasteiger partial charge in [0.2, 0.25) is 5.89 Å². The molecule has 0 aliphatic carbocycles. The minimum absolute atomic E-state index is 0.0160. The van der Waals surface area contributed by atoms with Gasteiger partial charge in [-0.2, -0.15) is 18.3 Å². The van der Waals surface area contributed by atoms with Crippen LogP contribution >= 0.6 is 34.2 Å². The highest BCUT2D eigenvalue weighted by atomic mass is 127. The number of fused-ring (bicyclic) bond motifs is 1. The van der Waals surface area contributed by atoms with Crippen LogP contribution in [0, 0.1) is 10.5 Å². The highest BCUT2D eigenvalue weighted by Gasteiger charge is 2.46. The Labute approximate surface area is 180 Å². The second kappa shape index (κ2) is 7.24. The molecule has 0 amide bonds.